The highest BCUT2D eigenvalue weighted by Gasteiger charge is 2.21. The molecule has 22 heteroatoms. The lowest BCUT2D eigenvalue weighted by Crippen LogP contribution is -2.48. The largest absolute Gasteiger partial charge is 0.481 e. The van der Waals surface area contributed by atoms with Gasteiger partial charge in [-0.25, -0.2) is 4.79 Å². The van der Waals surface area contributed by atoms with E-state index < -0.39 is 24.0 Å². The van der Waals surface area contributed by atoms with E-state index in [2.05, 4.69) is 31.9 Å². The lowest BCUT2D eigenvalue weighted by atomic mass is 10.0. The first-order valence-electron chi connectivity index (χ1n) is 27.8. The van der Waals surface area contributed by atoms with Crippen LogP contribution in [0.5, 0.6) is 0 Å². The molecule has 0 radical (unpaired) electrons. The summed E-state index contributed by atoms with van der Waals surface area (Å²) in [5.41, 5.74) is 0. The zero-order valence-corrected chi connectivity index (χ0v) is 47.7. The van der Waals surface area contributed by atoms with Crippen molar-refractivity contribution >= 4 is 70.9 Å². The molecule has 0 aliphatic rings. The van der Waals surface area contributed by atoms with Crippen molar-refractivity contribution < 1.29 is 67.5 Å². The van der Waals surface area contributed by atoms with E-state index in [0.717, 1.165) is 44.9 Å². The summed E-state index contributed by atoms with van der Waals surface area (Å²) in [7, 11) is 0. The number of amides is 6. The number of carbonyl (C=O) groups excluding carboxylic acids is 6. The van der Waals surface area contributed by atoms with Crippen molar-refractivity contribution in [3.05, 3.63) is 0 Å². The third-order valence-corrected chi connectivity index (χ3v) is 13.7. The minimum absolute atomic E-state index is 0.0566. The molecule has 2 atom stereocenters. The molecule has 436 valence electrons. The van der Waals surface area contributed by atoms with Gasteiger partial charge in [0.05, 0.1) is 64.4 Å². The van der Waals surface area contributed by atoms with Crippen LogP contribution in [0.15, 0.2) is 0 Å². The highest BCUT2D eigenvalue weighted by atomic mass is 32.2. The van der Waals surface area contributed by atoms with Crippen LogP contribution < -0.4 is 31.9 Å². The first-order valence-corrected chi connectivity index (χ1v) is 29.9. The predicted octanol–water partition coefficient (Wildman–Crippen LogP) is 5.91. The maximum absolute atomic E-state index is 12.9. The number of nitrogens with one attached hydrogen (secondary N) is 6. The number of hydrogen-bond donors (Lipinski definition) is 8. The van der Waals surface area contributed by atoms with Crippen molar-refractivity contribution in [3.8, 4) is 0 Å². The molecular formula is C53H98N6O14S2. The van der Waals surface area contributed by atoms with E-state index in [4.69, 9.17) is 24.1 Å². The molecule has 0 spiro atoms. The SMILES string of the molecule is CC(C)SCC(=O)NCCC[C@H](NC(=O)CSC(C)C)C(=O)NCCOCCOCCC(=O)NCCOCCOCCC(=O)NCCCC[C@H](NC(=O)CCCCCCCCCCCCCCCCC(=O)O)C(=O)O. The highest BCUT2D eigenvalue weighted by molar-refractivity contribution is 8.00. The summed E-state index contributed by atoms with van der Waals surface area (Å²) in [6.07, 6.45) is 18.5. The van der Waals surface area contributed by atoms with Gasteiger partial charge < -0.3 is 61.1 Å². The van der Waals surface area contributed by atoms with Gasteiger partial charge in [0, 0.05) is 51.9 Å². The standard InChI is InChI=1S/C53H98N6O14S2/c1-42(2)74-40-49(63)55-29-21-23-44(58-50(64)41-75-43(3)4)52(67)57-31-35-73-39-37-71-33-27-47(61)56-30-34-72-38-36-70-32-26-46(60)54-28-20-19-22-45(53(68)69)59-48(62)24-17-15-13-11-9-7-5-6-8-10-12-14-16-18-25-51(65)66/h42-45H,5-41H2,1-4H3,(H,54,60)(H,55,63)(H,56,61)(H,57,67)(H,58,64)(H,59,62)(H,65,66)(H,68,69)/t44-,45-/m0/s1. The molecule has 8 N–H and O–H groups in total. The van der Waals surface area contributed by atoms with Gasteiger partial charge in [0.1, 0.15) is 12.1 Å². The lowest BCUT2D eigenvalue weighted by Gasteiger charge is -2.19. The van der Waals surface area contributed by atoms with Crippen molar-refractivity contribution in [2.24, 2.45) is 0 Å². The molecule has 20 nitrogen and oxygen atoms in total. The molecule has 0 fully saturated rings. The average molecular weight is 1110 g/mol. The van der Waals surface area contributed by atoms with Gasteiger partial charge in [-0.15, -0.1) is 23.5 Å². The Morgan fingerprint density at radius 2 is 0.773 bits per heavy atom. The summed E-state index contributed by atoms with van der Waals surface area (Å²) < 4.78 is 22.0. The molecule has 0 aliphatic heterocycles. The number of carbonyl (C=O) groups is 8. The van der Waals surface area contributed by atoms with E-state index >= 15 is 0 Å². The number of carboxylic acids is 2. The van der Waals surface area contributed by atoms with Gasteiger partial charge in [-0.3, -0.25) is 33.6 Å². The molecule has 0 saturated heterocycles. The van der Waals surface area contributed by atoms with Crippen LogP contribution >= 0.6 is 23.5 Å². The molecule has 75 heavy (non-hydrogen) atoms. The van der Waals surface area contributed by atoms with Crippen LogP contribution in [-0.2, 0) is 57.3 Å². The van der Waals surface area contributed by atoms with Crippen molar-refractivity contribution in [3.63, 3.8) is 0 Å². The minimum atomic E-state index is -1.06. The zero-order valence-electron chi connectivity index (χ0n) is 46.1. The lowest BCUT2D eigenvalue weighted by molar-refractivity contribution is -0.142. The second kappa shape index (κ2) is 51.1. The number of hydrogen-bond acceptors (Lipinski definition) is 14. The number of rotatable bonds is 54. The Labute approximate surface area is 457 Å². The van der Waals surface area contributed by atoms with Crippen molar-refractivity contribution in [1.29, 1.82) is 0 Å². The Balaban J connectivity index is 3.83. The number of unbranched alkanes of at least 4 members (excludes halogenated alkanes) is 14. The summed E-state index contributed by atoms with van der Waals surface area (Å²) in [5, 5.41) is 35.6. The van der Waals surface area contributed by atoms with Crippen LogP contribution in [0, 0.1) is 0 Å². The first kappa shape index (κ1) is 71.3. The quantitative estimate of drug-likeness (QED) is 0.0329. The Morgan fingerprint density at radius 3 is 1.27 bits per heavy atom. The van der Waals surface area contributed by atoms with Gasteiger partial charge in [-0.1, -0.05) is 105 Å². The normalized spacial score (nSPS) is 12.0. The molecule has 0 aromatic heterocycles. The molecule has 0 heterocycles. The second-order valence-corrected chi connectivity index (χ2v) is 22.2. The summed E-state index contributed by atoms with van der Waals surface area (Å²) in [6.45, 7) is 11.5. The molecule has 0 saturated carbocycles. The maximum Gasteiger partial charge on any atom is 0.326 e. The maximum atomic E-state index is 12.9. The van der Waals surface area contributed by atoms with Crippen LogP contribution in [0.3, 0.4) is 0 Å². The van der Waals surface area contributed by atoms with E-state index in [9.17, 15) is 43.5 Å². The van der Waals surface area contributed by atoms with E-state index in [1.165, 1.54) is 56.7 Å². The third kappa shape index (κ3) is 50.9. The molecule has 0 bridgehead atoms. The first-order chi connectivity index (χ1) is 36.1. The monoisotopic (exact) mass is 1110 g/mol. The van der Waals surface area contributed by atoms with Gasteiger partial charge in [0.2, 0.25) is 35.4 Å². The third-order valence-electron chi connectivity index (χ3n) is 11.5. The van der Waals surface area contributed by atoms with Gasteiger partial charge in [0.15, 0.2) is 0 Å². The van der Waals surface area contributed by atoms with E-state index in [1.807, 2.05) is 27.7 Å². The van der Waals surface area contributed by atoms with Crippen molar-refractivity contribution in [1.82, 2.24) is 31.9 Å². The number of carboxylic acid groups (broad SMARTS) is 2. The predicted molar refractivity (Wildman–Crippen MR) is 296 cm³/mol. The summed E-state index contributed by atoms with van der Waals surface area (Å²) >= 11 is 3.05. The summed E-state index contributed by atoms with van der Waals surface area (Å²) in [4.78, 5) is 96.3. The van der Waals surface area contributed by atoms with Gasteiger partial charge in [-0.05, 0) is 55.4 Å². The van der Waals surface area contributed by atoms with Crippen LogP contribution in [-0.4, -0.2) is 171 Å². The molecule has 6 amide bonds. The fraction of sp³-hybridized carbons (Fsp3) is 0.849. The fourth-order valence-electron chi connectivity index (χ4n) is 7.27. The molecular weight excluding hydrogens is 1010 g/mol. The fourth-order valence-corrected chi connectivity index (χ4v) is 8.42. The van der Waals surface area contributed by atoms with Crippen LogP contribution in [0.1, 0.15) is 175 Å². The minimum Gasteiger partial charge on any atom is -0.481 e. The van der Waals surface area contributed by atoms with Gasteiger partial charge in [0.25, 0.3) is 0 Å². The Kier molecular flexibility index (Phi) is 48.6. The average Bonchev–Trinajstić information content (AvgIpc) is 3.36. The van der Waals surface area contributed by atoms with Crippen LogP contribution in [0.4, 0.5) is 0 Å². The van der Waals surface area contributed by atoms with E-state index in [-0.39, 0.29) is 118 Å². The van der Waals surface area contributed by atoms with Gasteiger partial charge in [-0.2, -0.15) is 0 Å². The number of aliphatic carboxylic acids is 2. The smallest absolute Gasteiger partial charge is 0.326 e. The Bertz CT molecular complexity index is 1530. The second-order valence-electron chi connectivity index (χ2n) is 19.1. The van der Waals surface area contributed by atoms with Gasteiger partial charge >= 0.3 is 11.9 Å². The Hall–Kier alpha value is -3.70. The van der Waals surface area contributed by atoms with Crippen molar-refractivity contribution in [2.45, 2.75) is 198 Å². The van der Waals surface area contributed by atoms with Crippen molar-refractivity contribution in [2.75, 3.05) is 90.5 Å². The topological polar surface area (TPSA) is 286 Å². The molecule has 0 aliphatic carbocycles. The van der Waals surface area contributed by atoms with Crippen LogP contribution in [0.2, 0.25) is 0 Å². The molecule has 0 aromatic rings. The number of thioether (sulfide) groups is 2. The van der Waals surface area contributed by atoms with Crippen LogP contribution in [0.25, 0.3) is 0 Å². The number of ether oxygens (including phenoxy) is 4. The highest BCUT2D eigenvalue weighted by Crippen LogP contribution is 2.15. The summed E-state index contributed by atoms with van der Waals surface area (Å²) in [5.74, 6) is -2.36. The summed E-state index contributed by atoms with van der Waals surface area (Å²) in [6, 6.07) is -1.69. The Morgan fingerprint density at radius 1 is 0.373 bits per heavy atom. The zero-order chi connectivity index (χ0) is 55.6. The molecule has 0 unspecified atom stereocenters. The molecule has 0 rings (SSSR count). The van der Waals surface area contributed by atoms with E-state index in [0.29, 0.717) is 76.0 Å². The molecule has 0 aromatic carbocycles. The van der Waals surface area contributed by atoms with E-state index in [1.54, 1.807) is 11.8 Å².